The van der Waals surface area contributed by atoms with E-state index >= 15 is 0 Å². The fourth-order valence-corrected chi connectivity index (χ4v) is 4.21. The summed E-state index contributed by atoms with van der Waals surface area (Å²) in [6, 6.07) is 12.7. The molecule has 4 rings (SSSR count). The fraction of sp³-hybridized carbons (Fsp3) is 0.316. The Labute approximate surface area is 169 Å². The van der Waals surface area contributed by atoms with Crippen molar-refractivity contribution >= 4 is 33.2 Å². The first-order chi connectivity index (χ1) is 13.5. The van der Waals surface area contributed by atoms with Crippen LogP contribution in [0.25, 0.3) is 20.8 Å². The molecule has 0 aliphatic carbocycles. The Hall–Kier alpha value is -1.78. The second-order valence-corrected chi connectivity index (χ2v) is 7.91. The molecule has 7 nitrogen and oxygen atoms in total. The molecule has 0 spiro atoms. The fourth-order valence-electron chi connectivity index (χ4n) is 3.05. The van der Waals surface area contributed by atoms with E-state index in [1.165, 1.54) is 11.3 Å². The number of thiazole rings is 1. The van der Waals surface area contributed by atoms with Crippen LogP contribution in [0.3, 0.4) is 0 Å². The Morgan fingerprint density at radius 2 is 1.86 bits per heavy atom. The van der Waals surface area contributed by atoms with Gasteiger partial charge in [0.1, 0.15) is 35.2 Å². The molecule has 0 amide bonds. The van der Waals surface area contributed by atoms with Gasteiger partial charge in [0.25, 0.3) is 0 Å². The third kappa shape index (κ3) is 3.60. The summed E-state index contributed by atoms with van der Waals surface area (Å²) in [6.45, 7) is -0.537. The summed E-state index contributed by atoms with van der Waals surface area (Å²) < 4.78 is 12.2. The molecule has 1 aliphatic rings. The molecule has 2 aromatic carbocycles. The van der Waals surface area contributed by atoms with E-state index < -0.39 is 37.3 Å². The van der Waals surface area contributed by atoms with E-state index in [0.29, 0.717) is 21.3 Å². The van der Waals surface area contributed by atoms with Crippen LogP contribution in [-0.2, 0) is 4.74 Å². The molecule has 9 heteroatoms. The number of ether oxygens (including phenoxy) is 2. The zero-order chi connectivity index (χ0) is 19.8. The molecule has 1 fully saturated rings. The van der Waals surface area contributed by atoms with Gasteiger partial charge in [-0.3, -0.25) is 0 Å². The Balaban J connectivity index is 1.69. The smallest absolute Gasteiger partial charge is 0.229 e. The van der Waals surface area contributed by atoms with Crippen LogP contribution >= 0.6 is 22.9 Å². The third-order valence-electron chi connectivity index (χ3n) is 4.56. The highest BCUT2D eigenvalue weighted by Gasteiger charge is 2.45. The molecular weight excluding hydrogens is 406 g/mol. The molecule has 1 saturated heterocycles. The number of aliphatic hydroxyl groups is 4. The number of hydrogen-bond acceptors (Lipinski definition) is 8. The van der Waals surface area contributed by atoms with E-state index in [-0.39, 0.29) is 0 Å². The predicted octanol–water partition coefficient (Wildman–Crippen LogP) is 1.80. The number of aliphatic hydroxyl groups excluding tert-OH is 4. The summed E-state index contributed by atoms with van der Waals surface area (Å²) in [6.07, 6.45) is -6.86. The average molecular weight is 424 g/mol. The number of fused-ring (bicyclic) bond motifs is 1. The molecule has 4 N–H and O–H groups in total. The number of hydrogen-bond donors (Lipinski definition) is 4. The lowest BCUT2D eigenvalue weighted by Gasteiger charge is -2.39. The van der Waals surface area contributed by atoms with Gasteiger partial charge in [-0.1, -0.05) is 23.7 Å². The minimum Gasteiger partial charge on any atom is -0.461 e. The second-order valence-electron chi connectivity index (χ2n) is 6.44. The maximum atomic E-state index is 10.2. The number of aromatic nitrogens is 1. The van der Waals surface area contributed by atoms with Crippen LogP contribution in [0, 0.1) is 0 Å². The largest absolute Gasteiger partial charge is 0.461 e. The van der Waals surface area contributed by atoms with Gasteiger partial charge in [0, 0.05) is 5.02 Å². The van der Waals surface area contributed by atoms with Crippen molar-refractivity contribution in [2.45, 2.75) is 30.7 Å². The van der Waals surface area contributed by atoms with Crippen molar-refractivity contribution in [2.75, 3.05) is 6.61 Å². The van der Waals surface area contributed by atoms with Crippen LogP contribution in [-0.4, -0.2) is 62.7 Å². The summed E-state index contributed by atoms with van der Waals surface area (Å²) in [7, 11) is 0. The highest BCUT2D eigenvalue weighted by molar-refractivity contribution is 7.21. The highest BCUT2D eigenvalue weighted by atomic mass is 35.5. The van der Waals surface area contributed by atoms with Crippen LogP contribution in [0.4, 0.5) is 0 Å². The lowest BCUT2D eigenvalue weighted by Crippen LogP contribution is -2.60. The van der Waals surface area contributed by atoms with E-state index in [1.54, 1.807) is 18.2 Å². The van der Waals surface area contributed by atoms with Gasteiger partial charge in [-0.2, -0.15) is 0 Å². The van der Waals surface area contributed by atoms with E-state index in [4.69, 9.17) is 21.1 Å². The Bertz CT molecular complexity index is 947. The van der Waals surface area contributed by atoms with Gasteiger partial charge in [-0.25, -0.2) is 4.98 Å². The van der Waals surface area contributed by atoms with Gasteiger partial charge < -0.3 is 29.9 Å². The minimum atomic E-state index is -1.53. The van der Waals surface area contributed by atoms with Crippen LogP contribution < -0.4 is 4.74 Å². The summed E-state index contributed by atoms with van der Waals surface area (Å²) in [5, 5.41) is 40.6. The second kappa shape index (κ2) is 7.92. The van der Waals surface area contributed by atoms with Crippen molar-refractivity contribution < 1.29 is 29.9 Å². The number of benzene rings is 2. The normalized spacial score (nSPS) is 27.8. The topological polar surface area (TPSA) is 112 Å². The van der Waals surface area contributed by atoms with Gasteiger partial charge in [0.15, 0.2) is 0 Å². The molecule has 1 aromatic heterocycles. The van der Waals surface area contributed by atoms with E-state index in [0.717, 1.165) is 10.2 Å². The van der Waals surface area contributed by atoms with Gasteiger partial charge in [-0.15, -0.1) is 11.3 Å². The average Bonchev–Trinajstić information content (AvgIpc) is 3.12. The highest BCUT2D eigenvalue weighted by Crippen LogP contribution is 2.38. The quantitative estimate of drug-likeness (QED) is 0.506. The van der Waals surface area contributed by atoms with Crippen molar-refractivity contribution in [3.05, 3.63) is 47.5 Å². The van der Waals surface area contributed by atoms with Crippen molar-refractivity contribution in [1.82, 2.24) is 4.98 Å². The SMILES string of the molecule is OC[C@H]1O[C@@H](Oc2cc(Cl)ccc2-c2nc3ccccc3s2)[C@H](O)[C@@H](O)[C@H]1O. The first-order valence-electron chi connectivity index (χ1n) is 8.60. The first kappa shape index (κ1) is 19.5. The van der Waals surface area contributed by atoms with Gasteiger partial charge in [0.05, 0.1) is 22.4 Å². The Morgan fingerprint density at radius 1 is 1.07 bits per heavy atom. The summed E-state index contributed by atoms with van der Waals surface area (Å²) in [5.41, 5.74) is 1.49. The van der Waals surface area contributed by atoms with Crippen molar-refractivity contribution in [1.29, 1.82) is 0 Å². The number of para-hydroxylation sites is 1. The monoisotopic (exact) mass is 423 g/mol. The summed E-state index contributed by atoms with van der Waals surface area (Å²) in [5.74, 6) is 0.302. The van der Waals surface area contributed by atoms with Crippen LogP contribution in [0.2, 0.25) is 5.02 Å². The number of rotatable bonds is 4. The van der Waals surface area contributed by atoms with Crippen LogP contribution in [0.15, 0.2) is 42.5 Å². The van der Waals surface area contributed by atoms with Crippen molar-refractivity contribution in [3.8, 4) is 16.3 Å². The Kier molecular flexibility index (Phi) is 5.52. The zero-order valence-electron chi connectivity index (χ0n) is 14.5. The molecule has 0 radical (unpaired) electrons. The summed E-state index contributed by atoms with van der Waals surface area (Å²) >= 11 is 7.59. The molecule has 0 saturated carbocycles. The first-order valence-corrected chi connectivity index (χ1v) is 9.80. The number of nitrogens with zero attached hydrogens (tertiary/aromatic N) is 1. The van der Waals surface area contributed by atoms with Crippen LogP contribution in [0.1, 0.15) is 0 Å². The molecule has 5 atom stereocenters. The number of halogens is 1. The third-order valence-corrected chi connectivity index (χ3v) is 5.86. The van der Waals surface area contributed by atoms with Gasteiger partial charge >= 0.3 is 0 Å². The Morgan fingerprint density at radius 3 is 2.61 bits per heavy atom. The van der Waals surface area contributed by atoms with E-state index in [9.17, 15) is 20.4 Å². The molecular formula is C19H18ClNO6S. The predicted molar refractivity (Wildman–Crippen MR) is 104 cm³/mol. The van der Waals surface area contributed by atoms with Crippen molar-refractivity contribution in [2.24, 2.45) is 0 Å². The molecule has 3 aromatic rings. The maximum Gasteiger partial charge on any atom is 0.229 e. The lowest BCUT2D eigenvalue weighted by molar-refractivity contribution is -0.277. The van der Waals surface area contributed by atoms with Gasteiger partial charge in [0.2, 0.25) is 6.29 Å². The minimum absolute atomic E-state index is 0.302. The summed E-state index contributed by atoms with van der Waals surface area (Å²) in [4.78, 5) is 4.61. The molecule has 28 heavy (non-hydrogen) atoms. The molecule has 2 heterocycles. The van der Waals surface area contributed by atoms with E-state index in [2.05, 4.69) is 4.98 Å². The molecule has 1 aliphatic heterocycles. The molecule has 0 bridgehead atoms. The molecule has 148 valence electrons. The zero-order valence-corrected chi connectivity index (χ0v) is 16.0. The van der Waals surface area contributed by atoms with E-state index in [1.807, 2.05) is 24.3 Å². The van der Waals surface area contributed by atoms with Crippen molar-refractivity contribution in [3.63, 3.8) is 0 Å². The molecule has 0 unspecified atom stereocenters. The lowest BCUT2D eigenvalue weighted by atomic mass is 9.99. The van der Waals surface area contributed by atoms with Gasteiger partial charge in [-0.05, 0) is 30.3 Å². The maximum absolute atomic E-state index is 10.2. The van der Waals surface area contributed by atoms with Crippen LogP contribution in [0.5, 0.6) is 5.75 Å². The standard InChI is InChI=1S/C19H18ClNO6S/c20-9-5-6-10(18-21-11-3-1-2-4-14(11)28-18)12(7-9)26-19-17(25)16(24)15(23)13(8-22)27-19/h1-7,13,15-17,19,22-25H,8H2/t13-,15+,16+,17-,19-/m1/s1.